The number of fused-ring (bicyclic) bond motifs is 1. The first-order valence-corrected chi connectivity index (χ1v) is 8.25. The zero-order valence-electron chi connectivity index (χ0n) is 14.0. The lowest BCUT2D eigenvalue weighted by Gasteiger charge is -2.28. The Bertz CT molecular complexity index is 710. The molecule has 23 heavy (non-hydrogen) atoms. The Morgan fingerprint density at radius 1 is 1.22 bits per heavy atom. The molecular weight excluding hydrogens is 286 g/mol. The third-order valence-corrected chi connectivity index (χ3v) is 4.45. The summed E-state index contributed by atoms with van der Waals surface area (Å²) in [5, 5.41) is 0. The Morgan fingerprint density at radius 2 is 1.91 bits per heavy atom. The molecule has 2 atom stereocenters. The second-order valence-electron chi connectivity index (χ2n) is 6.17. The highest BCUT2D eigenvalue weighted by molar-refractivity contribution is 5.99. The number of rotatable bonds is 4. The molecule has 0 unspecified atom stereocenters. The summed E-state index contributed by atoms with van der Waals surface area (Å²) in [6.07, 6.45) is 1.10. The Labute approximate surface area is 137 Å². The van der Waals surface area contributed by atoms with Gasteiger partial charge in [-0.05, 0) is 49.9 Å². The molecule has 0 bridgehead atoms. The normalized spacial score (nSPS) is 17.7. The van der Waals surface area contributed by atoms with Gasteiger partial charge < -0.3 is 9.64 Å². The number of ether oxygens (including phenoxy) is 1. The number of hydrogen-bond acceptors (Lipinski definition) is 2. The SMILES string of the molecule is CC[C@@H](Oc1ccccc1C)C(=O)N1c2ccccc2C[C@H]1C. The van der Waals surface area contributed by atoms with E-state index in [2.05, 4.69) is 13.0 Å². The summed E-state index contributed by atoms with van der Waals surface area (Å²) in [7, 11) is 0. The molecule has 3 heteroatoms. The van der Waals surface area contributed by atoms with E-state index in [-0.39, 0.29) is 11.9 Å². The molecule has 0 saturated heterocycles. The van der Waals surface area contributed by atoms with E-state index in [1.165, 1.54) is 5.56 Å². The van der Waals surface area contributed by atoms with Crippen molar-refractivity contribution in [3.05, 3.63) is 59.7 Å². The summed E-state index contributed by atoms with van der Waals surface area (Å²) < 4.78 is 6.04. The molecule has 2 aromatic rings. The molecule has 0 fully saturated rings. The van der Waals surface area contributed by atoms with E-state index in [0.717, 1.165) is 23.4 Å². The van der Waals surface area contributed by atoms with Gasteiger partial charge in [0.05, 0.1) is 0 Å². The van der Waals surface area contributed by atoms with E-state index in [1.54, 1.807) is 0 Å². The van der Waals surface area contributed by atoms with Gasteiger partial charge in [-0.3, -0.25) is 4.79 Å². The van der Waals surface area contributed by atoms with Gasteiger partial charge in [-0.25, -0.2) is 0 Å². The minimum absolute atomic E-state index is 0.0493. The highest BCUT2D eigenvalue weighted by Crippen LogP contribution is 2.33. The number of hydrogen-bond donors (Lipinski definition) is 0. The average Bonchev–Trinajstić information content (AvgIpc) is 2.89. The molecule has 3 rings (SSSR count). The van der Waals surface area contributed by atoms with Gasteiger partial charge in [-0.15, -0.1) is 0 Å². The molecule has 0 aromatic heterocycles. The average molecular weight is 309 g/mol. The van der Waals surface area contributed by atoms with Gasteiger partial charge in [0, 0.05) is 11.7 Å². The third-order valence-electron chi connectivity index (χ3n) is 4.45. The molecule has 0 aliphatic carbocycles. The van der Waals surface area contributed by atoms with Crippen molar-refractivity contribution in [1.29, 1.82) is 0 Å². The third kappa shape index (κ3) is 2.96. The molecule has 0 radical (unpaired) electrons. The molecule has 3 nitrogen and oxygen atoms in total. The molecule has 120 valence electrons. The van der Waals surface area contributed by atoms with Gasteiger partial charge in [0.2, 0.25) is 0 Å². The van der Waals surface area contributed by atoms with Crippen LogP contribution in [0.3, 0.4) is 0 Å². The molecular formula is C20H23NO2. The summed E-state index contributed by atoms with van der Waals surface area (Å²) in [6.45, 7) is 6.09. The summed E-state index contributed by atoms with van der Waals surface area (Å²) in [6, 6.07) is 16.2. The number of carbonyl (C=O) groups excluding carboxylic acids is 1. The monoisotopic (exact) mass is 309 g/mol. The summed E-state index contributed by atoms with van der Waals surface area (Å²) >= 11 is 0. The van der Waals surface area contributed by atoms with Crippen LogP contribution in [0.15, 0.2) is 48.5 Å². The predicted molar refractivity (Wildman–Crippen MR) is 93.0 cm³/mol. The molecule has 1 heterocycles. The Hall–Kier alpha value is -2.29. The quantitative estimate of drug-likeness (QED) is 0.850. The highest BCUT2D eigenvalue weighted by atomic mass is 16.5. The van der Waals surface area contributed by atoms with Crippen LogP contribution in [0.1, 0.15) is 31.4 Å². The number of anilines is 1. The predicted octanol–water partition coefficient (Wildman–Crippen LogP) is 4.13. The van der Waals surface area contributed by atoms with E-state index in [9.17, 15) is 4.79 Å². The number of para-hydroxylation sites is 2. The Kier molecular flexibility index (Phi) is 4.37. The fourth-order valence-electron chi connectivity index (χ4n) is 3.21. The van der Waals surface area contributed by atoms with Crippen LogP contribution < -0.4 is 9.64 Å². The van der Waals surface area contributed by atoms with Gasteiger partial charge in [-0.1, -0.05) is 43.3 Å². The summed E-state index contributed by atoms with van der Waals surface area (Å²) in [5.74, 6) is 0.834. The van der Waals surface area contributed by atoms with Gasteiger partial charge in [-0.2, -0.15) is 0 Å². The number of aryl methyl sites for hydroxylation is 1. The van der Waals surface area contributed by atoms with Crippen molar-refractivity contribution in [2.24, 2.45) is 0 Å². The van der Waals surface area contributed by atoms with E-state index in [4.69, 9.17) is 4.74 Å². The molecule has 1 aliphatic heterocycles. The Balaban J connectivity index is 1.85. The Morgan fingerprint density at radius 3 is 2.65 bits per heavy atom. The second-order valence-corrected chi connectivity index (χ2v) is 6.17. The largest absolute Gasteiger partial charge is 0.480 e. The van der Waals surface area contributed by atoms with Gasteiger partial charge in [0.15, 0.2) is 6.10 Å². The number of nitrogens with zero attached hydrogens (tertiary/aromatic N) is 1. The minimum atomic E-state index is -0.454. The van der Waals surface area contributed by atoms with Crippen molar-refractivity contribution in [2.75, 3.05) is 4.90 Å². The van der Waals surface area contributed by atoms with Crippen molar-refractivity contribution in [3.8, 4) is 5.75 Å². The number of amides is 1. The summed E-state index contributed by atoms with van der Waals surface area (Å²) in [5.41, 5.74) is 3.31. The van der Waals surface area contributed by atoms with Crippen molar-refractivity contribution < 1.29 is 9.53 Å². The van der Waals surface area contributed by atoms with Crippen molar-refractivity contribution in [1.82, 2.24) is 0 Å². The maximum Gasteiger partial charge on any atom is 0.268 e. The highest BCUT2D eigenvalue weighted by Gasteiger charge is 2.35. The van der Waals surface area contributed by atoms with Crippen LogP contribution in [0.2, 0.25) is 0 Å². The number of benzene rings is 2. The first kappa shape index (κ1) is 15.6. The molecule has 0 N–H and O–H groups in total. The standard InChI is InChI=1S/C20H23NO2/c1-4-18(23-19-12-8-5-9-14(19)2)20(22)21-15(3)13-16-10-6-7-11-17(16)21/h5-12,15,18H,4,13H2,1-3H3/t15-,18-/m1/s1. The lowest BCUT2D eigenvalue weighted by atomic mass is 10.1. The van der Waals surface area contributed by atoms with Crippen LogP contribution in [0, 0.1) is 6.92 Å². The number of carbonyl (C=O) groups is 1. The molecule has 2 aromatic carbocycles. The maximum atomic E-state index is 13.1. The lowest BCUT2D eigenvalue weighted by molar-refractivity contribution is -0.125. The van der Waals surface area contributed by atoms with Crippen LogP contribution >= 0.6 is 0 Å². The van der Waals surface area contributed by atoms with Crippen molar-refractivity contribution in [2.45, 2.75) is 45.8 Å². The molecule has 0 spiro atoms. The van der Waals surface area contributed by atoms with E-state index in [1.807, 2.05) is 61.2 Å². The zero-order valence-corrected chi connectivity index (χ0v) is 14.0. The van der Waals surface area contributed by atoms with E-state index < -0.39 is 6.10 Å². The summed E-state index contributed by atoms with van der Waals surface area (Å²) in [4.78, 5) is 15.0. The van der Waals surface area contributed by atoms with Crippen LogP contribution in [0.25, 0.3) is 0 Å². The van der Waals surface area contributed by atoms with Crippen LogP contribution in [0.5, 0.6) is 5.75 Å². The topological polar surface area (TPSA) is 29.5 Å². The van der Waals surface area contributed by atoms with Crippen LogP contribution in [0.4, 0.5) is 5.69 Å². The molecule has 1 aliphatic rings. The van der Waals surface area contributed by atoms with Crippen molar-refractivity contribution >= 4 is 11.6 Å². The van der Waals surface area contributed by atoms with Gasteiger partial charge in [0.25, 0.3) is 5.91 Å². The van der Waals surface area contributed by atoms with Crippen molar-refractivity contribution in [3.63, 3.8) is 0 Å². The van der Waals surface area contributed by atoms with E-state index >= 15 is 0 Å². The maximum absolute atomic E-state index is 13.1. The first-order chi connectivity index (χ1) is 11.1. The fraction of sp³-hybridized carbons (Fsp3) is 0.350. The minimum Gasteiger partial charge on any atom is -0.480 e. The van der Waals surface area contributed by atoms with Gasteiger partial charge >= 0.3 is 0 Å². The fourth-order valence-corrected chi connectivity index (χ4v) is 3.21. The smallest absolute Gasteiger partial charge is 0.268 e. The zero-order chi connectivity index (χ0) is 16.4. The second kappa shape index (κ2) is 6.45. The van der Waals surface area contributed by atoms with Crippen LogP contribution in [-0.2, 0) is 11.2 Å². The van der Waals surface area contributed by atoms with E-state index in [0.29, 0.717) is 6.42 Å². The molecule has 1 amide bonds. The molecule has 0 saturated carbocycles. The van der Waals surface area contributed by atoms with Gasteiger partial charge in [0.1, 0.15) is 5.75 Å². The lowest BCUT2D eigenvalue weighted by Crippen LogP contribution is -2.44. The van der Waals surface area contributed by atoms with Crippen LogP contribution in [-0.4, -0.2) is 18.1 Å². The first-order valence-electron chi connectivity index (χ1n) is 8.25.